The van der Waals surface area contributed by atoms with E-state index < -0.39 is 0 Å². The zero-order valence-corrected chi connectivity index (χ0v) is 12.2. The highest BCUT2D eigenvalue weighted by molar-refractivity contribution is 6.29. The van der Waals surface area contributed by atoms with Gasteiger partial charge in [0.15, 0.2) is 0 Å². The van der Waals surface area contributed by atoms with E-state index in [1.54, 1.807) is 6.07 Å². The normalized spacial score (nSPS) is 12.6. The van der Waals surface area contributed by atoms with E-state index in [4.69, 9.17) is 11.6 Å². The number of nitrogens with one attached hydrogen (secondary N) is 1. The molecule has 0 saturated carbocycles. The van der Waals surface area contributed by atoms with Crippen LogP contribution in [0.3, 0.4) is 0 Å². The first-order chi connectivity index (χ1) is 8.43. The molecule has 1 aromatic rings. The number of amides is 1. The lowest BCUT2D eigenvalue weighted by Crippen LogP contribution is -2.32. The van der Waals surface area contributed by atoms with Gasteiger partial charge in [0, 0.05) is 17.3 Å². The smallest absolute Gasteiger partial charge is 0.251 e. The summed E-state index contributed by atoms with van der Waals surface area (Å²) >= 11 is 5.94. The van der Waals surface area contributed by atoms with Crippen molar-refractivity contribution in [1.82, 2.24) is 10.3 Å². The maximum absolute atomic E-state index is 12.1. The van der Waals surface area contributed by atoms with Crippen LogP contribution in [-0.4, -0.2) is 16.9 Å². The predicted molar refractivity (Wildman–Crippen MR) is 75.2 cm³/mol. The molecule has 0 aromatic carbocycles. The van der Waals surface area contributed by atoms with Crippen molar-refractivity contribution in [3.63, 3.8) is 0 Å². The van der Waals surface area contributed by atoms with Crippen LogP contribution in [-0.2, 0) is 0 Å². The van der Waals surface area contributed by atoms with Gasteiger partial charge in [-0.25, -0.2) is 4.98 Å². The Balaban J connectivity index is 2.85. The molecule has 1 heterocycles. The quantitative estimate of drug-likeness (QED) is 0.826. The number of hydrogen-bond donors (Lipinski definition) is 1. The second kappa shape index (κ2) is 6.74. The molecule has 0 aliphatic heterocycles. The van der Waals surface area contributed by atoms with Crippen molar-refractivity contribution in [3.8, 4) is 0 Å². The highest BCUT2D eigenvalue weighted by Crippen LogP contribution is 2.17. The van der Waals surface area contributed by atoms with E-state index in [0.29, 0.717) is 10.7 Å². The number of aromatic nitrogens is 1. The summed E-state index contributed by atoms with van der Waals surface area (Å²) < 4.78 is 0. The molecule has 18 heavy (non-hydrogen) atoms. The SMILES string of the molecule is CCCC(C)NC(=O)c1cc(Cl)nc(C(C)C)c1. The lowest BCUT2D eigenvalue weighted by Gasteiger charge is -2.14. The summed E-state index contributed by atoms with van der Waals surface area (Å²) in [4.78, 5) is 16.3. The Morgan fingerprint density at radius 3 is 2.61 bits per heavy atom. The minimum absolute atomic E-state index is 0.0813. The van der Waals surface area contributed by atoms with Gasteiger partial charge >= 0.3 is 0 Å². The molecule has 0 spiro atoms. The number of nitrogens with zero attached hydrogens (tertiary/aromatic N) is 1. The van der Waals surface area contributed by atoms with Gasteiger partial charge < -0.3 is 5.32 Å². The van der Waals surface area contributed by atoms with Crippen LogP contribution in [0.2, 0.25) is 5.15 Å². The van der Waals surface area contributed by atoms with E-state index in [-0.39, 0.29) is 17.9 Å². The Hall–Kier alpha value is -1.09. The molecule has 0 aliphatic rings. The van der Waals surface area contributed by atoms with Gasteiger partial charge in [0.25, 0.3) is 5.91 Å². The lowest BCUT2D eigenvalue weighted by molar-refractivity contribution is 0.0938. The fourth-order valence-electron chi connectivity index (χ4n) is 1.76. The molecular weight excluding hydrogens is 248 g/mol. The van der Waals surface area contributed by atoms with Gasteiger partial charge in [-0.3, -0.25) is 4.79 Å². The summed E-state index contributed by atoms with van der Waals surface area (Å²) in [6.07, 6.45) is 2.03. The Kier molecular flexibility index (Phi) is 5.60. The highest BCUT2D eigenvalue weighted by Gasteiger charge is 2.13. The molecule has 100 valence electrons. The first-order valence-electron chi connectivity index (χ1n) is 6.42. The maximum atomic E-state index is 12.1. The molecular formula is C14H21ClN2O. The van der Waals surface area contributed by atoms with E-state index >= 15 is 0 Å². The van der Waals surface area contributed by atoms with Crippen LogP contribution in [0.4, 0.5) is 0 Å². The van der Waals surface area contributed by atoms with Crippen molar-refractivity contribution in [2.45, 2.75) is 52.5 Å². The molecule has 0 saturated heterocycles. The lowest BCUT2D eigenvalue weighted by atomic mass is 10.1. The molecule has 0 aliphatic carbocycles. The standard InChI is InChI=1S/C14H21ClN2O/c1-5-6-10(4)16-14(18)11-7-12(9(2)3)17-13(15)8-11/h7-10H,5-6H2,1-4H3,(H,16,18). The van der Waals surface area contributed by atoms with Gasteiger partial charge in [0.05, 0.1) is 0 Å². The van der Waals surface area contributed by atoms with Gasteiger partial charge in [-0.2, -0.15) is 0 Å². The minimum Gasteiger partial charge on any atom is -0.350 e. The van der Waals surface area contributed by atoms with Crippen LogP contribution < -0.4 is 5.32 Å². The highest BCUT2D eigenvalue weighted by atomic mass is 35.5. The Bertz CT molecular complexity index is 418. The number of rotatable bonds is 5. The third kappa shape index (κ3) is 4.30. The molecule has 0 bridgehead atoms. The largest absolute Gasteiger partial charge is 0.350 e. The summed E-state index contributed by atoms with van der Waals surface area (Å²) in [7, 11) is 0. The van der Waals surface area contributed by atoms with Crippen molar-refractivity contribution < 1.29 is 4.79 Å². The number of pyridine rings is 1. The Morgan fingerprint density at radius 1 is 1.39 bits per heavy atom. The number of carbonyl (C=O) groups excluding carboxylic acids is 1. The van der Waals surface area contributed by atoms with E-state index in [1.165, 1.54) is 0 Å². The van der Waals surface area contributed by atoms with Crippen LogP contribution in [0, 0.1) is 0 Å². The number of carbonyl (C=O) groups is 1. The fraction of sp³-hybridized carbons (Fsp3) is 0.571. The fourth-order valence-corrected chi connectivity index (χ4v) is 1.97. The zero-order chi connectivity index (χ0) is 13.7. The number of halogens is 1. The monoisotopic (exact) mass is 268 g/mol. The van der Waals surface area contributed by atoms with E-state index in [2.05, 4.69) is 17.2 Å². The first kappa shape index (κ1) is 15.0. The van der Waals surface area contributed by atoms with Crippen LogP contribution in [0.15, 0.2) is 12.1 Å². The second-order valence-corrected chi connectivity index (χ2v) is 5.31. The molecule has 1 amide bonds. The third-order valence-corrected chi connectivity index (χ3v) is 2.96. The summed E-state index contributed by atoms with van der Waals surface area (Å²) in [5.41, 5.74) is 1.43. The third-order valence-electron chi connectivity index (χ3n) is 2.77. The van der Waals surface area contributed by atoms with Crippen molar-refractivity contribution in [2.75, 3.05) is 0 Å². The molecule has 0 fully saturated rings. The van der Waals surface area contributed by atoms with Crippen molar-refractivity contribution in [2.24, 2.45) is 0 Å². The molecule has 0 radical (unpaired) electrons. The zero-order valence-electron chi connectivity index (χ0n) is 11.5. The van der Waals surface area contributed by atoms with E-state index in [9.17, 15) is 4.79 Å². The molecule has 4 heteroatoms. The van der Waals surface area contributed by atoms with Crippen LogP contribution in [0.1, 0.15) is 62.5 Å². The topological polar surface area (TPSA) is 42.0 Å². The van der Waals surface area contributed by atoms with E-state index in [1.807, 2.05) is 26.8 Å². The second-order valence-electron chi connectivity index (χ2n) is 4.92. The van der Waals surface area contributed by atoms with Gasteiger partial charge in [-0.05, 0) is 31.4 Å². The average molecular weight is 269 g/mol. The van der Waals surface area contributed by atoms with Gasteiger partial charge in [0.1, 0.15) is 5.15 Å². The minimum atomic E-state index is -0.0813. The molecule has 1 unspecified atom stereocenters. The first-order valence-corrected chi connectivity index (χ1v) is 6.80. The van der Waals surface area contributed by atoms with Gasteiger partial charge in [-0.1, -0.05) is 38.8 Å². The predicted octanol–water partition coefficient (Wildman–Crippen LogP) is 3.78. The van der Waals surface area contributed by atoms with E-state index in [0.717, 1.165) is 18.5 Å². The molecule has 1 N–H and O–H groups in total. The molecule has 1 rings (SSSR count). The van der Waals surface area contributed by atoms with Gasteiger partial charge in [0.2, 0.25) is 0 Å². The average Bonchev–Trinajstić information content (AvgIpc) is 2.28. The van der Waals surface area contributed by atoms with Crippen molar-refractivity contribution in [1.29, 1.82) is 0 Å². The Morgan fingerprint density at radius 2 is 2.06 bits per heavy atom. The van der Waals surface area contributed by atoms with Crippen molar-refractivity contribution in [3.05, 3.63) is 28.5 Å². The summed E-state index contributed by atoms with van der Waals surface area (Å²) in [5.74, 6) is 0.172. The Labute approximate surface area is 114 Å². The maximum Gasteiger partial charge on any atom is 0.251 e. The molecule has 3 nitrogen and oxygen atoms in total. The van der Waals surface area contributed by atoms with Crippen molar-refractivity contribution >= 4 is 17.5 Å². The molecule has 1 aromatic heterocycles. The van der Waals surface area contributed by atoms with Crippen LogP contribution >= 0.6 is 11.6 Å². The summed E-state index contributed by atoms with van der Waals surface area (Å²) in [6, 6.07) is 3.60. The summed E-state index contributed by atoms with van der Waals surface area (Å²) in [5, 5.41) is 3.34. The van der Waals surface area contributed by atoms with Gasteiger partial charge in [-0.15, -0.1) is 0 Å². The van der Waals surface area contributed by atoms with Crippen LogP contribution in [0.5, 0.6) is 0 Å². The van der Waals surface area contributed by atoms with Crippen LogP contribution in [0.25, 0.3) is 0 Å². The molecule has 1 atom stereocenters. The number of hydrogen-bond acceptors (Lipinski definition) is 2. The summed E-state index contributed by atoms with van der Waals surface area (Å²) in [6.45, 7) is 8.16.